The Morgan fingerprint density at radius 3 is 2.50 bits per heavy atom. The second-order valence-corrected chi connectivity index (χ2v) is 4.72. The average Bonchev–Trinajstić information content (AvgIpc) is 2.37. The van der Waals surface area contributed by atoms with Crippen LogP contribution in [-0.2, 0) is 4.79 Å². The lowest BCUT2D eigenvalue weighted by atomic mass is 10.2. The number of carbonyl (C=O) groups excluding carboxylic acids is 2. The standard InChI is InChI=1S/C14H19FN2O3/c1-9(2)13(19)16-6-3-7-17-14(20)11-5-4-10(15)8-12(11)18/h4-5,8-9,18H,3,6-7H2,1-2H3,(H,16,19)(H,17,20). The van der Waals surface area contributed by atoms with Gasteiger partial charge in [0.1, 0.15) is 11.6 Å². The summed E-state index contributed by atoms with van der Waals surface area (Å²) in [5, 5.41) is 14.8. The van der Waals surface area contributed by atoms with E-state index in [1.54, 1.807) is 13.8 Å². The van der Waals surface area contributed by atoms with Gasteiger partial charge in [0.2, 0.25) is 5.91 Å². The van der Waals surface area contributed by atoms with Crippen molar-refractivity contribution in [3.63, 3.8) is 0 Å². The Labute approximate surface area is 117 Å². The molecule has 0 unspecified atom stereocenters. The van der Waals surface area contributed by atoms with Gasteiger partial charge in [0.25, 0.3) is 5.91 Å². The Kier molecular flexibility index (Phi) is 5.96. The highest BCUT2D eigenvalue weighted by atomic mass is 19.1. The van der Waals surface area contributed by atoms with E-state index >= 15 is 0 Å². The lowest BCUT2D eigenvalue weighted by Crippen LogP contribution is -2.31. The summed E-state index contributed by atoms with van der Waals surface area (Å²) >= 11 is 0. The van der Waals surface area contributed by atoms with Crippen molar-refractivity contribution in [2.75, 3.05) is 13.1 Å². The largest absolute Gasteiger partial charge is 0.507 e. The predicted octanol–water partition coefficient (Wildman–Crippen LogP) is 1.42. The molecule has 0 atom stereocenters. The Morgan fingerprint density at radius 1 is 1.25 bits per heavy atom. The molecule has 5 nitrogen and oxygen atoms in total. The number of nitrogens with one attached hydrogen (secondary N) is 2. The van der Waals surface area contributed by atoms with Gasteiger partial charge in [-0.15, -0.1) is 0 Å². The molecule has 0 aliphatic carbocycles. The van der Waals surface area contributed by atoms with Gasteiger partial charge < -0.3 is 15.7 Å². The van der Waals surface area contributed by atoms with Gasteiger partial charge in [-0.2, -0.15) is 0 Å². The van der Waals surface area contributed by atoms with Crippen LogP contribution in [-0.4, -0.2) is 30.0 Å². The summed E-state index contributed by atoms with van der Waals surface area (Å²) in [6, 6.07) is 3.22. The number of halogens is 1. The zero-order chi connectivity index (χ0) is 15.1. The van der Waals surface area contributed by atoms with E-state index in [1.807, 2.05) is 0 Å². The van der Waals surface area contributed by atoms with Crippen LogP contribution < -0.4 is 10.6 Å². The molecule has 0 radical (unpaired) electrons. The molecule has 0 saturated heterocycles. The number of aromatic hydroxyl groups is 1. The topological polar surface area (TPSA) is 78.4 Å². The van der Waals surface area contributed by atoms with Crippen LogP contribution in [0.1, 0.15) is 30.6 Å². The summed E-state index contributed by atoms with van der Waals surface area (Å²) < 4.78 is 12.8. The molecule has 0 saturated carbocycles. The van der Waals surface area contributed by atoms with E-state index in [9.17, 15) is 19.1 Å². The molecule has 1 aromatic rings. The molecule has 1 rings (SSSR count). The van der Waals surface area contributed by atoms with Crippen molar-refractivity contribution in [2.24, 2.45) is 5.92 Å². The molecule has 0 spiro atoms. The summed E-state index contributed by atoms with van der Waals surface area (Å²) in [7, 11) is 0. The summed E-state index contributed by atoms with van der Waals surface area (Å²) in [4.78, 5) is 23.0. The lowest BCUT2D eigenvalue weighted by molar-refractivity contribution is -0.123. The molecule has 1 aromatic carbocycles. The minimum atomic E-state index is -0.601. The van der Waals surface area contributed by atoms with Crippen LogP contribution in [0, 0.1) is 11.7 Å². The normalized spacial score (nSPS) is 10.4. The molecule has 20 heavy (non-hydrogen) atoms. The van der Waals surface area contributed by atoms with Gasteiger partial charge >= 0.3 is 0 Å². The van der Waals surface area contributed by atoms with Gasteiger partial charge in [-0.25, -0.2) is 4.39 Å². The van der Waals surface area contributed by atoms with E-state index in [0.29, 0.717) is 19.5 Å². The molecule has 0 fully saturated rings. The van der Waals surface area contributed by atoms with Gasteiger partial charge in [0.05, 0.1) is 5.56 Å². The Balaban J connectivity index is 2.32. The second-order valence-electron chi connectivity index (χ2n) is 4.72. The van der Waals surface area contributed by atoms with Crippen molar-refractivity contribution in [1.29, 1.82) is 0 Å². The van der Waals surface area contributed by atoms with Gasteiger partial charge in [-0.05, 0) is 18.6 Å². The zero-order valence-electron chi connectivity index (χ0n) is 11.6. The van der Waals surface area contributed by atoms with E-state index in [0.717, 1.165) is 12.1 Å². The van der Waals surface area contributed by atoms with Gasteiger partial charge in [-0.1, -0.05) is 13.8 Å². The van der Waals surface area contributed by atoms with Crippen molar-refractivity contribution in [3.05, 3.63) is 29.6 Å². The predicted molar refractivity (Wildman–Crippen MR) is 72.9 cm³/mol. The van der Waals surface area contributed by atoms with Gasteiger partial charge in [0, 0.05) is 25.1 Å². The third kappa shape index (κ3) is 4.87. The summed E-state index contributed by atoms with van der Waals surface area (Å²) in [6.45, 7) is 4.42. The number of rotatable bonds is 6. The Hall–Kier alpha value is -2.11. The van der Waals surface area contributed by atoms with Crippen molar-refractivity contribution < 1.29 is 19.1 Å². The van der Waals surface area contributed by atoms with E-state index in [2.05, 4.69) is 10.6 Å². The van der Waals surface area contributed by atoms with Crippen LogP contribution in [0.4, 0.5) is 4.39 Å². The Bertz CT molecular complexity index is 489. The fourth-order valence-electron chi connectivity index (χ4n) is 1.50. The van der Waals surface area contributed by atoms with Crippen LogP contribution >= 0.6 is 0 Å². The monoisotopic (exact) mass is 282 g/mol. The highest BCUT2D eigenvalue weighted by Crippen LogP contribution is 2.17. The Morgan fingerprint density at radius 2 is 1.90 bits per heavy atom. The van der Waals surface area contributed by atoms with E-state index < -0.39 is 17.5 Å². The maximum Gasteiger partial charge on any atom is 0.255 e. The van der Waals surface area contributed by atoms with E-state index in [1.165, 1.54) is 6.07 Å². The van der Waals surface area contributed by atoms with Crippen molar-refractivity contribution >= 4 is 11.8 Å². The maximum atomic E-state index is 12.8. The number of phenols is 1. The minimum Gasteiger partial charge on any atom is -0.507 e. The molecule has 0 aromatic heterocycles. The van der Waals surface area contributed by atoms with Crippen LogP contribution in [0.5, 0.6) is 5.75 Å². The molecular formula is C14H19FN2O3. The number of hydrogen-bond donors (Lipinski definition) is 3. The lowest BCUT2D eigenvalue weighted by Gasteiger charge is -2.09. The first-order chi connectivity index (χ1) is 9.41. The highest BCUT2D eigenvalue weighted by Gasteiger charge is 2.11. The van der Waals surface area contributed by atoms with Crippen molar-refractivity contribution in [2.45, 2.75) is 20.3 Å². The summed E-state index contributed by atoms with van der Waals surface area (Å²) in [5.41, 5.74) is 0.0256. The van der Waals surface area contributed by atoms with E-state index in [4.69, 9.17) is 0 Å². The third-order valence-electron chi connectivity index (χ3n) is 2.67. The molecule has 0 aliphatic heterocycles. The summed E-state index contributed by atoms with van der Waals surface area (Å²) in [5.74, 6) is -1.57. The SMILES string of the molecule is CC(C)C(=O)NCCCNC(=O)c1ccc(F)cc1O. The molecular weight excluding hydrogens is 263 g/mol. The second kappa shape index (κ2) is 7.47. The molecule has 0 heterocycles. The van der Waals surface area contributed by atoms with Crippen LogP contribution in [0.2, 0.25) is 0 Å². The third-order valence-corrected chi connectivity index (χ3v) is 2.67. The maximum absolute atomic E-state index is 12.8. The quantitative estimate of drug-likeness (QED) is 0.691. The van der Waals surface area contributed by atoms with Gasteiger partial charge in [0.15, 0.2) is 0 Å². The zero-order valence-corrected chi connectivity index (χ0v) is 11.6. The molecule has 6 heteroatoms. The first-order valence-electron chi connectivity index (χ1n) is 6.46. The summed E-state index contributed by atoms with van der Waals surface area (Å²) in [6.07, 6.45) is 0.576. The van der Waals surface area contributed by atoms with Crippen molar-refractivity contribution in [3.8, 4) is 5.75 Å². The average molecular weight is 282 g/mol. The van der Waals surface area contributed by atoms with Crippen LogP contribution in [0.15, 0.2) is 18.2 Å². The molecule has 110 valence electrons. The van der Waals surface area contributed by atoms with Crippen LogP contribution in [0.25, 0.3) is 0 Å². The molecule has 0 bridgehead atoms. The fraction of sp³-hybridized carbons (Fsp3) is 0.429. The minimum absolute atomic E-state index is 0.0256. The van der Waals surface area contributed by atoms with Crippen LogP contribution in [0.3, 0.4) is 0 Å². The first-order valence-corrected chi connectivity index (χ1v) is 6.46. The van der Waals surface area contributed by atoms with Gasteiger partial charge in [-0.3, -0.25) is 9.59 Å². The number of carbonyl (C=O) groups is 2. The number of amides is 2. The number of phenolic OH excluding ortho intramolecular Hbond substituents is 1. The molecule has 2 amide bonds. The number of benzene rings is 1. The smallest absolute Gasteiger partial charge is 0.255 e. The molecule has 3 N–H and O–H groups in total. The fourth-order valence-corrected chi connectivity index (χ4v) is 1.50. The molecule has 0 aliphatic rings. The van der Waals surface area contributed by atoms with E-state index in [-0.39, 0.29) is 17.4 Å². The first kappa shape index (κ1) is 15.9. The van der Waals surface area contributed by atoms with Crippen molar-refractivity contribution in [1.82, 2.24) is 10.6 Å². The number of hydrogen-bond acceptors (Lipinski definition) is 3. The highest BCUT2D eigenvalue weighted by molar-refractivity contribution is 5.96.